The normalized spacial score (nSPS) is 12.8. The lowest BCUT2D eigenvalue weighted by atomic mass is 10.2. The molecular formula is C13H19F2NO. The molecule has 96 valence electrons. The Morgan fingerprint density at radius 2 is 1.88 bits per heavy atom. The van der Waals surface area contributed by atoms with E-state index in [0.717, 1.165) is 25.1 Å². The Morgan fingerprint density at radius 1 is 1.18 bits per heavy atom. The van der Waals surface area contributed by atoms with Crippen molar-refractivity contribution >= 4 is 0 Å². The molecule has 0 spiro atoms. The molecule has 0 saturated heterocycles. The van der Waals surface area contributed by atoms with E-state index in [9.17, 15) is 8.78 Å². The third-order valence-corrected chi connectivity index (χ3v) is 2.33. The number of nitrogens with one attached hydrogen (secondary N) is 1. The van der Waals surface area contributed by atoms with Gasteiger partial charge < -0.3 is 10.1 Å². The molecule has 0 aromatic heterocycles. The molecule has 0 fully saturated rings. The zero-order valence-corrected chi connectivity index (χ0v) is 10.5. The average molecular weight is 243 g/mol. The minimum atomic E-state index is -0.880. The van der Waals surface area contributed by atoms with Crippen LogP contribution in [0.4, 0.5) is 8.78 Å². The Labute approximate surface area is 101 Å². The van der Waals surface area contributed by atoms with Crippen molar-refractivity contribution in [3.05, 3.63) is 29.8 Å². The van der Waals surface area contributed by atoms with Gasteiger partial charge in [0.05, 0.1) is 6.10 Å². The molecular weight excluding hydrogens is 224 g/mol. The molecule has 1 rings (SSSR count). The van der Waals surface area contributed by atoms with E-state index in [1.54, 1.807) is 0 Å². The fourth-order valence-electron chi connectivity index (χ4n) is 1.42. The molecule has 17 heavy (non-hydrogen) atoms. The van der Waals surface area contributed by atoms with E-state index in [1.807, 2.05) is 6.92 Å². The summed E-state index contributed by atoms with van der Waals surface area (Å²) in [4.78, 5) is 0. The van der Waals surface area contributed by atoms with Crippen LogP contribution in [0.5, 0.6) is 5.75 Å². The van der Waals surface area contributed by atoms with Gasteiger partial charge in [0.1, 0.15) is 5.75 Å². The van der Waals surface area contributed by atoms with E-state index in [2.05, 4.69) is 19.2 Å². The van der Waals surface area contributed by atoms with Gasteiger partial charge in [-0.1, -0.05) is 13.8 Å². The lowest BCUT2D eigenvalue weighted by Gasteiger charge is -2.16. The number of hydrogen-bond donors (Lipinski definition) is 1. The highest BCUT2D eigenvalue weighted by Crippen LogP contribution is 2.17. The van der Waals surface area contributed by atoms with E-state index < -0.39 is 11.6 Å². The Morgan fingerprint density at radius 3 is 2.47 bits per heavy atom. The summed E-state index contributed by atoms with van der Waals surface area (Å²) in [5.41, 5.74) is 0. The molecule has 1 aromatic rings. The molecule has 0 heterocycles. The van der Waals surface area contributed by atoms with Gasteiger partial charge in [0.2, 0.25) is 0 Å². The highest BCUT2D eigenvalue weighted by atomic mass is 19.2. The van der Waals surface area contributed by atoms with Gasteiger partial charge in [0, 0.05) is 12.1 Å². The highest BCUT2D eigenvalue weighted by Gasteiger charge is 2.07. The van der Waals surface area contributed by atoms with Crippen molar-refractivity contribution in [2.45, 2.75) is 39.3 Å². The first-order valence-corrected chi connectivity index (χ1v) is 5.84. The van der Waals surface area contributed by atoms with E-state index in [-0.39, 0.29) is 6.10 Å². The third kappa shape index (κ3) is 5.13. The second-order valence-electron chi connectivity index (χ2n) is 4.40. The predicted octanol–water partition coefficient (Wildman–Crippen LogP) is 3.12. The summed E-state index contributed by atoms with van der Waals surface area (Å²) in [6, 6.07) is 4.02. The zero-order chi connectivity index (χ0) is 12.8. The fourth-order valence-corrected chi connectivity index (χ4v) is 1.42. The van der Waals surface area contributed by atoms with Crippen LogP contribution in [0.25, 0.3) is 0 Å². The highest BCUT2D eigenvalue weighted by molar-refractivity contribution is 5.23. The van der Waals surface area contributed by atoms with Gasteiger partial charge in [-0.15, -0.1) is 0 Å². The summed E-state index contributed by atoms with van der Waals surface area (Å²) in [6.07, 6.45) is 0.781. The van der Waals surface area contributed by atoms with Crippen LogP contribution in [0.2, 0.25) is 0 Å². The molecule has 1 N–H and O–H groups in total. The maximum Gasteiger partial charge on any atom is 0.162 e. The molecule has 0 radical (unpaired) electrons. The minimum Gasteiger partial charge on any atom is -0.491 e. The van der Waals surface area contributed by atoms with Crippen LogP contribution >= 0.6 is 0 Å². The van der Waals surface area contributed by atoms with Gasteiger partial charge in [0.25, 0.3) is 0 Å². The van der Waals surface area contributed by atoms with Crippen LogP contribution in [-0.2, 0) is 0 Å². The molecule has 1 aromatic carbocycles. The Kier molecular flexibility index (Phi) is 5.35. The smallest absolute Gasteiger partial charge is 0.162 e. The van der Waals surface area contributed by atoms with Crippen molar-refractivity contribution in [3.8, 4) is 5.75 Å². The summed E-state index contributed by atoms with van der Waals surface area (Å²) in [5.74, 6) is -1.37. The van der Waals surface area contributed by atoms with Gasteiger partial charge in [0.15, 0.2) is 11.6 Å². The Balaban J connectivity index is 2.39. The molecule has 0 aliphatic rings. The van der Waals surface area contributed by atoms with Gasteiger partial charge in [-0.3, -0.25) is 0 Å². The molecule has 2 nitrogen and oxygen atoms in total. The van der Waals surface area contributed by atoms with Crippen LogP contribution in [0.15, 0.2) is 18.2 Å². The predicted molar refractivity (Wildman–Crippen MR) is 64.2 cm³/mol. The number of halogens is 2. The maximum atomic E-state index is 12.9. The lowest BCUT2D eigenvalue weighted by Crippen LogP contribution is -2.27. The van der Waals surface area contributed by atoms with Crippen LogP contribution in [0.1, 0.15) is 27.2 Å². The van der Waals surface area contributed by atoms with E-state index in [0.29, 0.717) is 11.8 Å². The van der Waals surface area contributed by atoms with Gasteiger partial charge in [-0.2, -0.15) is 0 Å². The number of hydrogen-bond acceptors (Lipinski definition) is 2. The second-order valence-corrected chi connectivity index (χ2v) is 4.40. The Bertz CT molecular complexity index is 355. The first-order chi connectivity index (χ1) is 7.99. The fraction of sp³-hybridized carbons (Fsp3) is 0.538. The van der Waals surface area contributed by atoms with E-state index in [1.165, 1.54) is 6.07 Å². The summed E-state index contributed by atoms with van der Waals surface area (Å²) < 4.78 is 31.1. The number of rotatable bonds is 6. The molecule has 1 atom stereocenters. The molecule has 0 bridgehead atoms. The SMILES string of the molecule is CC(C)NCCC(C)Oc1ccc(F)c(F)c1. The molecule has 0 saturated carbocycles. The van der Waals surface area contributed by atoms with Gasteiger partial charge >= 0.3 is 0 Å². The molecule has 0 aliphatic carbocycles. The first kappa shape index (κ1) is 13.9. The van der Waals surface area contributed by atoms with Crippen molar-refractivity contribution in [3.63, 3.8) is 0 Å². The lowest BCUT2D eigenvalue weighted by molar-refractivity contribution is 0.207. The van der Waals surface area contributed by atoms with E-state index >= 15 is 0 Å². The maximum absolute atomic E-state index is 12.9. The van der Waals surface area contributed by atoms with Crippen LogP contribution in [-0.4, -0.2) is 18.7 Å². The van der Waals surface area contributed by atoms with Gasteiger partial charge in [-0.05, 0) is 32.0 Å². The summed E-state index contributed by atoms with van der Waals surface area (Å²) >= 11 is 0. The summed E-state index contributed by atoms with van der Waals surface area (Å²) in [5, 5.41) is 3.27. The molecule has 0 aliphatic heterocycles. The number of ether oxygens (including phenoxy) is 1. The van der Waals surface area contributed by atoms with Crippen molar-refractivity contribution < 1.29 is 13.5 Å². The monoisotopic (exact) mass is 243 g/mol. The molecule has 0 amide bonds. The van der Waals surface area contributed by atoms with Crippen molar-refractivity contribution in [1.82, 2.24) is 5.32 Å². The molecule has 1 unspecified atom stereocenters. The van der Waals surface area contributed by atoms with Crippen molar-refractivity contribution in [1.29, 1.82) is 0 Å². The van der Waals surface area contributed by atoms with Gasteiger partial charge in [-0.25, -0.2) is 8.78 Å². The Hall–Kier alpha value is -1.16. The largest absolute Gasteiger partial charge is 0.491 e. The average Bonchev–Trinajstić information content (AvgIpc) is 2.23. The summed E-state index contributed by atoms with van der Waals surface area (Å²) in [7, 11) is 0. The topological polar surface area (TPSA) is 21.3 Å². The van der Waals surface area contributed by atoms with E-state index in [4.69, 9.17) is 4.74 Å². The third-order valence-electron chi connectivity index (χ3n) is 2.33. The first-order valence-electron chi connectivity index (χ1n) is 5.84. The quantitative estimate of drug-likeness (QED) is 0.828. The molecule has 4 heteroatoms. The number of benzene rings is 1. The summed E-state index contributed by atoms with van der Waals surface area (Å²) in [6.45, 7) is 6.88. The van der Waals surface area contributed by atoms with Crippen LogP contribution in [0, 0.1) is 11.6 Å². The van der Waals surface area contributed by atoms with Crippen molar-refractivity contribution in [2.75, 3.05) is 6.54 Å². The standard InChI is InChI=1S/C13H19F2NO/c1-9(2)16-7-6-10(3)17-11-4-5-12(14)13(15)8-11/h4-5,8-10,16H,6-7H2,1-3H3. The van der Waals surface area contributed by atoms with Crippen LogP contribution < -0.4 is 10.1 Å². The second kappa shape index (κ2) is 6.55. The van der Waals surface area contributed by atoms with Crippen LogP contribution in [0.3, 0.4) is 0 Å². The van der Waals surface area contributed by atoms with Crippen molar-refractivity contribution in [2.24, 2.45) is 0 Å². The zero-order valence-electron chi connectivity index (χ0n) is 10.5. The minimum absolute atomic E-state index is 0.0360.